The summed E-state index contributed by atoms with van der Waals surface area (Å²) in [5.41, 5.74) is 1.11. The summed E-state index contributed by atoms with van der Waals surface area (Å²) in [5, 5.41) is 3.82. The first-order valence-corrected chi connectivity index (χ1v) is 9.91. The van der Waals surface area contributed by atoms with Gasteiger partial charge in [0, 0.05) is 30.1 Å². The lowest BCUT2D eigenvalue weighted by Gasteiger charge is -2.33. The number of para-hydroxylation sites is 1. The van der Waals surface area contributed by atoms with E-state index in [1.165, 1.54) is 0 Å². The molecule has 1 aliphatic heterocycles. The van der Waals surface area contributed by atoms with Crippen molar-refractivity contribution in [1.82, 2.24) is 9.80 Å². The molecule has 1 amide bonds. The number of carbonyl (C=O) groups is 1. The van der Waals surface area contributed by atoms with Gasteiger partial charge in [0.2, 0.25) is 5.91 Å². The molecule has 30 heavy (non-hydrogen) atoms. The number of nitrogens with one attached hydrogen (secondary N) is 1. The number of hydrogen-bond donors (Lipinski definition) is 1. The quantitative estimate of drug-likeness (QED) is 0.745. The van der Waals surface area contributed by atoms with Crippen LogP contribution in [0.2, 0.25) is 0 Å². The molecule has 0 spiro atoms. The Balaban J connectivity index is 1.78. The van der Waals surface area contributed by atoms with Crippen LogP contribution in [0.3, 0.4) is 0 Å². The summed E-state index contributed by atoms with van der Waals surface area (Å²) in [6.07, 6.45) is -3.92. The van der Waals surface area contributed by atoms with Crippen molar-refractivity contribution in [2.45, 2.75) is 38.4 Å². The highest BCUT2D eigenvalue weighted by molar-refractivity contribution is 5.93. The van der Waals surface area contributed by atoms with Crippen LogP contribution in [0.5, 0.6) is 0 Å². The second kappa shape index (κ2) is 9.00. The van der Waals surface area contributed by atoms with Gasteiger partial charge in [0.05, 0.1) is 18.7 Å². The largest absolute Gasteiger partial charge is 0.445 e. The maximum atomic E-state index is 13.1. The number of fused-ring (bicyclic) bond motifs is 1. The third kappa shape index (κ3) is 5.28. The molecule has 1 fully saturated rings. The number of nitrogens with zero attached hydrogens (tertiary/aromatic N) is 2. The number of likely N-dealkylation sites (N-methyl/N-ethyl adjacent to an activating group) is 1. The molecule has 0 unspecified atom stereocenters. The molecule has 0 saturated carbocycles. The van der Waals surface area contributed by atoms with E-state index in [1.807, 2.05) is 23.9 Å². The van der Waals surface area contributed by atoms with Gasteiger partial charge in [-0.1, -0.05) is 18.1 Å². The monoisotopic (exact) mass is 421 g/mol. The predicted molar refractivity (Wildman–Crippen MR) is 110 cm³/mol. The summed E-state index contributed by atoms with van der Waals surface area (Å²) in [6, 6.07) is 5.26. The molecule has 0 atom stereocenters. The smallest absolute Gasteiger partial charge is 0.393 e. The van der Waals surface area contributed by atoms with Crippen LogP contribution in [-0.4, -0.2) is 61.7 Å². The summed E-state index contributed by atoms with van der Waals surface area (Å²) >= 11 is 0. The zero-order chi connectivity index (χ0) is 21.9. The Labute approximate surface area is 174 Å². The number of furan rings is 1. The van der Waals surface area contributed by atoms with Crippen molar-refractivity contribution in [3.63, 3.8) is 0 Å². The molecular formula is C22H26F3N3O2. The Morgan fingerprint density at radius 2 is 2.00 bits per heavy atom. The van der Waals surface area contributed by atoms with Crippen LogP contribution in [-0.2, 0) is 11.2 Å². The van der Waals surface area contributed by atoms with Gasteiger partial charge >= 0.3 is 6.18 Å². The van der Waals surface area contributed by atoms with Crippen molar-refractivity contribution in [2.75, 3.05) is 39.0 Å². The van der Waals surface area contributed by atoms with Gasteiger partial charge in [0.25, 0.3) is 0 Å². The van der Waals surface area contributed by atoms with Crippen LogP contribution < -0.4 is 5.32 Å². The average Bonchev–Trinajstić information content (AvgIpc) is 2.99. The van der Waals surface area contributed by atoms with Gasteiger partial charge in [0.15, 0.2) is 11.3 Å². The zero-order valence-electron chi connectivity index (χ0n) is 17.4. The van der Waals surface area contributed by atoms with E-state index in [0.29, 0.717) is 36.3 Å². The number of hydrogen-bond acceptors (Lipinski definition) is 4. The topological polar surface area (TPSA) is 48.7 Å². The van der Waals surface area contributed by atoms with Crippen LogP contribution in [0.4, 0.5) is 18.9 Å². The fourth-order valence-electron chi connectivity index (χ4n) is 3.74. The normalized spacial score (nSPS) is 15.4. The highest BCUT2D eigenvalue weighted by Gasteiger charge is 2.32. The molecule has 3 rings (SSSR count). The second-order valence-corrected chi connectivity index (χ2v) is 7.80. The highest BCUT2D eigenvalue weighted by Crippen LogP contribution is 2.35. The molecule has 1 aromatic heterocycles. The Hall–Kier alpha value is -2.66. The third-order valence-corrected chi connectivity index (χ3v) is 5.09. The van der Waals surface area contributed by atoms with Gasteiger partial charge in [-0.25, -0.2) is 0 Å². The lowest BCUT2D eigenvalue weighted by atomic mass is 10.0. The van der Waals surface area contributed by atoms with E-state index in [-0.39, 0.29) is 23.3 Å². The number of amides is 1. The number of likely N-dealkylation sites (tertiary alicyclic amines) is 1. The summed E-state index contributed by atoms with van der Waals surface area (Å²) < 4.78 is 45.0. The Morgan fingerprint density at radius 3 is 2.60 bits per heavy atom. The minimum Gasteiger partial charge on any atom is -0.445 e. The number of alkyl halides is 3. The van der Waals surface area contributed by atoms with Crippen molar-refractivity contribution in [3.05, 3.63) is 29.5 Å². The molecule has 8 heteroatoms. The van der Waals surface area contributed by atoms with Crippen molar-refractivity contribution >= 4 is 22.6 Å². The van der Waals surface area contributed by atoms with Gasteiger partial charge < -0.3 is 19.5 Å². The molecule has 1 saturated heterocycles. The van der Waals surface area contributed by atoms with E-state index < -0.39 is 12.6 Å². The molecule has 0 bridgehead atoms. The fraction of sp³-hybridized carbons (Fsp3) is 0.500. The standard InChI is InChI=1S/C22H26F3N3O2/c1-4-6-19-17(13-22(23,24)25)16-7-5-8-18(21(16)30-19)26-15-9-11-28(12-10-15)20(29)14-27(2)3/h5,7-8,15,26H,9-14H2,1-3H3. The molecule has 0 aliphatic carbocycles. The number of anilines is 1. The predicted octanol–water partition coefficient (Wildman–Crippen LogP) is 3.87. The molecule has 0 radical (unpaired) electrons. The van der Waals surface area contributed by atoms with E-state index >= 15 is 0 Å². The van der Waals surface area contributed by atoms with Gasteiger partial charge in [-0.2, -0.15) is 13.2 Å². The van der Waals surface area contributed by atoms with Crippen molar-refractivity contribution in [2.24, 2.45) is 0 Å². The lowest BCUT2D eigenvalue weighted by molar-refractivity contribution is -0.132. The van der Waals surface area contributed by atoms with E-state index in [9.17, 15) is 18.0 Å². The van der Waals surface area contributed by atoms with E-state index in [2.05, 4.69) is 17.2 Å². The second-order valence-electron chi connectivity index (χ2n) is 7.80. The number of halogens is 3. The first kappa shape index (κ1) is 22.0. The molecule has 2 aromatic rings. The molecule has 1 aromatic carbocycles. The lowest BCUT2D eigenvalue weighted by Crippen LogP contribution is -2.45. The molecule has 2 heterocycles. The highest BCUT2D eigenvalue weighted by atomic mass is 19.4. The minimum absolute atomic E-state index is 0.0585. The Kier molecular flexibility index (Phi) is 6.61. The average molecular weight is 421 g/mol. The summed E-state index contributed by atoms with van der Waals surface area (Å²) in [4.78, 5) is 15.9. The van der Waals surface area contributed by atoms with Crippen LogP contribution in [0, 0.1) is 11.8 Å². The molecule has 1 N–H and O–H groups in total. The summed E-state index contributed by atoms with van der Waals surface area (Å²) in [7, 11) is 3.72. The van der Waals surface area contributed by atoms with Crippen molar-refractivity contribution in [1.29, 1.82) is 0 Å². The van der Waals surface area contributed by atoms with Crippen LogP contribution in [0.25, 0.3) is 11.0 Å². The van der Waals surface area contributed by atoms with Crippen LogP contribution in [0.15, 0.2) is 22.6 Å². The molecular weight excluding hydrogens is 395 g/mol. The van der Waals surface area contributed by atoms with Gasteiger partial charge in [-0.15, -0.1) is 0 Å². The van der Waals surface area contributed by atoms with Gasteiger partial charge in [0.1, 0.15) is 0 Å². The number of benzene rings is 1. The van der Waals surface area contributed by atoms with Crippen LogP contribution >= 0.6 is 0 Å². The number of rotatable bonds is 5. The SMILES string of the molecule is CC#Cc1oc2c(NC3CCN(C(=O)CN(C)C)CC3)cccc2c1CC(F)(F)F. The van der Waals surface area contributed by atoms with E-state index in [0.717, 1.165) is 12.8 Å². The molecule has 1 aliphatic rings. The molecule has 5 nitrogen and oxygen atoms in total. The Morgan fingerprint density at radius 1 is 1.30 bits per heavy atom. The summed E-state index contributed by atoms with van der Waals surface area (Å²) in [5.74, 6) is 5.45. The number of carbonyl (C=O) groups excluding carboxylic acids is 1. The van der Waals surface area contributed by atoms with Gasteiger partial charge in [-0.05, 0) is 45.8 Å². The minimum atomic E-state index is -4.35. The zero-order valence-corrected chi connectivity index (χ0v) is 17.4. The van der Waals surface area contributed by atoms with E-state index in [4.69, 9.17) is 4.42 Å². The van der Waals surface area contributed by atoms with Crippen LogP contribution in [0.1, 0.15) is 31.1 Å². The first-order chi connectivity index (χ1) is 14.2. The van der Waals surface area contributed by atoms with E-state index in [1.54, 1.807) is 25.1 Å². The number of piperidine rings is 1. The fourth-order valence-corrected chi connectivity index (χ4v) is 3.74. The third-order valence-electron chi connectivity index (χ3n) is 5.09. The maximum Gasteiger partial charge on any atom is 0.393 e. The maximum absolute atomic E-state index is 13.1. The van der Waals surface area contributed by atoms with Crippen molar-refractivity contribution < 1.29 is 22.4 Å². The summed E-state index contributed by atoms with van der Waals surface area (Å²) in [6.45, 7) is 3.23. The Bertz CT molecular complexity index is 962. The van der Waals surface area contributed by atoms with Gasteiger partial charge in [-0.3, -0.25) is 4.79 Å². The first-order valence-electron chi connectivity index (χ1n) is 9.91. The molecule has 162 valence electrons. The van der Waals surface area contributed by atoms with Crippen molar-refractivity contribution in [3.8, 4) is 11.8 Å².